The fourth-order valence-electron chi connectivity index (χ4n) is 3.12. The topological polar surface area (TPSA) is 71.1 Å². The zero-order chi connectivity index (χ0) is 20.1. The van der Waals surface area contributed by atoms with E-state index < -0.39 is 10.1 Å². The van der Waals surface area contributed by atoms with E-state index in [1.165, 1.54) is 0 Å². The zero-order valence-electron chi connectivity index (χ0n) is 17.6. The minimum Gasteiger partial charge on any atom is -0.379 e. The van der Waals surface area contributed by atoms with E-state index in [1.54, 1.807) is 0 Å². The largest absolute Gasteiger partial charge is 0.379 e. The summed E-state index contributed by atoms with van der Waals surface area (Å²) < 4.78 is 44.3. The van der Waals surface area contributed by atoms with Gasteiger partial charge < -0.3 is 14.2 Å². The number of hydrogen-bond acceptors (Lipinski definition) is 6. The van der Waals surface area contributed by atoms with Gasteiger partial charge in [0.1, 0.15) is 0 Å². The van der Waals surface area contributed by atoms with Gasteiger partial charge in [0.2, 0.25) is 0 Å². The summed E-state index contributed by atoms with van der Waals surface area (Å²) in [5.74, 6) is 0. The van der Waals surface area contributed by atoms with E-state index in [9.17, 15) is 8.42 Å². The molecule has 0 saturated heterocycles. The van der Waals surface area contributed by atoms with Crippen LogP contribution in [0.2, 0.25) is 0 Å². The fraction of sp³-hybridized carbons (Fsp3) is 1.00. The van der Waals surface area contributed by atoms with Gasteiger partial charge in [-0.3, -0.25) is 4.18 Å². The first-order valence-electron chi connectivity index (χ1n) is 9.92. The van der Waals surface area contributed by atoms with Crippen molar-refractivity contribution in [2.24, 2.45) is 0 Å². The molecule has 0 aliphatic heterocycles. The summed E-state index contributed by atoms with van der Waals surface area (Å²) in [6.07, 6.45) is 6.48. The maximum absolute atomic E-state index is 10.9. The molecular weight excluding hydrogens is 356 g/mol. The van der Waals surface area contributed by atoms with E-state index in [-0.39, 0.29) is 24.4 Å². The Balaban J connectivity index is 4.38. The van der Waals surface area contributed by atoms with Crippen molar-refractivity contribution in [3.8, 4) is 0 Å². The summed E-state index contributed by atoms with van der Waals surface area (Å²) in [5.41, 5.74) is -0.307. The molecule has 0 fully saturated rings. The molecule has 0 bridgehead atoms. The van der Waals surface area contributed by atoms with Crippen LogP contribution in [-0.2, 0) is 28.5 Å². The van der Waals surface area contributed by atoms with Crippen molar-refractivity contribution in [1.82, 2.24) is 0 Å². The van der Waals surface area contributed by atoms with E-state index in [0.29, 0.717) is 13.2 Å². The Morgan fingerprint density at radius 2 is 1.19 bits per heavy atom. The monoisotopic (exact) mass is 396 g/mol. The summed E-state index contributed by atoms with van der Waals surface area (Å²) in [6, 6.07) is 0. The third kappa shape index (κ3) is 10.2. The van der Waals surface area contributed by atoms with Crippen LogP contribution in [0, 0.1) is 0 Å². The molecule has 0 radical (unpaired) electrons. The number of hydrogen-bond donors (Lipinski definition) is 0. The highest BCUT2D eigenvalue weighted by Crippen LogP contribution is 2.29. The predicted octanol–water partition coefficient (Wildman–Crippen LogP) is 3.93. The third-order valence-electron chi connectivity index (χ3n) is 5.22. The molecule has 0 rings (SSSR count). The first-order valence-corrected chi connectivity index (χ1v) is 11.7. The molecule has 0 unspecified atom stereocenters. The van der Waals surface area contributed by atoms with Crippen LogP contribution in [0.5, 0.6) is 0 Å². The van der Waals surface area contributed by atoms with Crippen LogP contribution in [0.1, 0.15) is 73.1 Å². The van der Waals surface area contributed by atoms with Crippen LogP contribution < -0.4 is 0 Å². The molecule has 0 N–H and O–H groups in total. The van der Waals surface area contributed by atoms with E-state index in [0.717, 1.165) is 51.4 Å². The van der Waals surface area contributed by atoms with Crippen LogP contribution in [0.15, 0.2) is 0 Å². The van der Waals surface area contributed by atoms with Gasteiger partial charge in [0, 0.05) is 13.2 Å². The molecule has 158 valence electrons. The molecule has 0 amide bonds. The van der Waals surface area contributed by atoms with Crippen LogP contribution in [0.3, 0.4) is 0 Å². The Morgan fingerprint density at radius 3 is 1.65 bits per heavy atom. The minimum absolute atomic E-state index is 0.0504. The molecule has 0 heterocycles. The zero-order valence-corrected chi connectivity index (χ0v) is 18.5. The highest BCUT2D eigenvalue weighted by molar-refractivity contribution is 7.85. The second-order valence-electron chi connectivity index (χ2n) is 6.70. The van der Waals surface area contributed by atoms with Gasteiger partial charge in [-0.15, -0.1) is 0 Å². The average Bonchev–Trinajstić information content (AvgIpc) is 2.61. The molecule has 0 aliphatic rings. The summed E-state index contributed by atoms with van der Waals surface area (Å²) in [7, 11) is -3.40. The third-order valence-corrected chi connectivity index (χ3v) is 5.82. The van der Waals surface area contributed by atoms with Crippen molar-refractivity contribution in [1.29, 1.82) is 0 Å². The summed E-state index contributed by atoms with van der Waals surface area (Å²) in [6.45, 7) is 12.8. The highest BCUT2D eigenvalue weighted by atomic mass is 32.2. The van der Waals surface area contributed by atoms with E-state index in [4.69, 9.17) is 14.2 Å². The molecule has 0 saturated carbocycles. The Bertz CT molecular complexity index is 441. The molecule has 7 heteroatoms. The van der Waals surface area contributed by atoms with Gasteiger partial charge in [0.25, 0.3) is 10.1 Å². The van der Waals surface area contributed by atoms with Gasteiger partial charge in [0.05, 0.1) is 37.3 Å². The maximum atomic E-state index is 10.9. The molecule has 0 aromatic carbocycles. The Hall–Kier alpha value is -0.210. The molecule has 0 atom stereocenters. The molecule has 0 aliphatic carbocycles. The Kier molecular flexibility index (Phi) is 12.9. The Labute approximate surface area is 161 Å². The molecule has 26 heavy (non-hydrogen) atoms. The van der Waals surface area contributed by atoms with Gasteiger partial charge in [-0.25, -0.2) is 0 Å². The number of ether oxygens (including phenoxy) is 3. The van der Waals surface area contributed by atoms with Crippen molar-refractivity contribution in [2.75, 3.05) is 39.3 Å². The molecule has 6 nitrogen and oxygen atoms in total. The molecule has 0 spiro atoms. The predicted molar refractivity (Wildman–Crippen MR) is 105 cm³/mol. The van der Waals surface area contributed by atoms with Crippen LogP contribution in [0.4, 0.5) is 0 Å². The van der Waals surface area contributed by atoms with E-state index in [2.05, 4.69) is 31.9 Å². The fourth-order valence-corrected chi connectivity index (χ4v) is 3.49. The quantitative estimate of drug-likeness (QED) is 0.274. The second-order valence-corrected chi connectivity index (χ2v) is 8.34. The molecular formula is C19H40O6S. The minimum atomic E-state index is -3.40. The van der Waals surface area contributed by atoms with E-state index in [1.807, 2.05) is 6.92 Å². The lowest BCUT2D eigenvalue weighted by molar-refractivity contribution is -0.109. The highest BCUT2D eigenvalue weighted by Gasteiger charge is 2.30. The van der Waals surface area contributed by atoms with Crippen molar-refractivity contribution >= 4 is 10.1 Å². The van der Waals surface area contributed by atoms with Crippen LogP contribution in [-0.4, -0.2) is 58.9 Å². The Morgan fingerprint density at radius 1 is 0.692 bits per heavy atom. The summed E-state index contributed by atoms with van der Waals surface area (Å²) >= 11 is 0. The molecule has 0 aromatic rings. The lowest BCUT2D eigenvalue weighted by atomic mass is 9.91. The van der Waals surface area contributed by atoms with Crippen molar-refractivity contribution < 1.29 is 26.8 Å². The lowest BCUT2D eigenvalue weighted by Crippen LogP contribution is -2.37. The van der Waals surface area contributed by atoms with Gasteiger partial charge in [-0.05, 0) is 45.4 Å². The first-order chi connectivity index (χ1) is 12.2. The van der Waals surface area contributed by atoms with Gasteiger partial charge in [-0.1, -0.05) is 27.7 Å². The van der Waals surface area contributed by atoms with Crippen molar-refractivity contribution in [2.45, 2.75) is 84.3 Å². The normalized spacial score (nSPS) is 13.3. The van der Waals surface area contributed by atoms with Crippen molar-refractivity contribution in [3.05, 3.63) is 0 Å². The van der Waals surface area contributed by atoms with Gasteiger partial charge in [0.15, 0.2) is 0 Å². The van der Waals surface area contributed by atoms with Crippen LogP contribution >= 0.6 is 0 Å². The van der Waals surface area contributed by atoms with Gasteiger partial charge >= 0.3 is 0 Å². The SMILES string of the molecule is CCOC(CC)(CC)CCOC(CC)(CC)CCOCCOS(C)(=O)=O. The van der Waals surface area contributed by atoms with Gasteiger partial charge in [-0.2, -0.15) is 8.42 Å². The van der Waals surface area contributed by atoms with Crippen molar-refractivity contribution in [3.63, 3.8) is 0 Å². The summed E-state index contributed by atoms with van der Waals surface area (Å²) in [5, 5.41) is 0. The average molecular weight is 397 g/mol. The molecule has 0 aromatic heterocycles. The van der Waals surface area contributed by atoms with Crippen LogP contribution in [0.25, 0.3) is 0 Å². The second kappa shape index (κ2) is 13.0. The summed E-state index contributed by atoms with van der Waals surface area (Å²) in [4.78, 5) is 0. The smallest absolute Gasteiger partial charge is 0.264 e. The number of rotatable bonds is 17. The lowest BCUT2D eigenvalue weighted by Gasteiger charge is -2.36. The maximum Gasteiger partial charge on any atom is 0.264 e. The van der Waals surface area contributed by atoms with E-state index >= 15 is 0 Å². The first kappa shape index (κ1) is 25.8. The standard InChI is InChI=1S/C19H40O6S/c1-7-18(8-2,23-11-5)13-15-24-19(9-3,10-4)12-14-22-16-17-25-26(6,20)21/h7-17H2,1-6H3.